The van der Waals surface area contributed by atoms with Crippen LogP contribution in [0.25, 0.3) is 0 Å². The largest absolute Gasteiger partial charge is 0.497 e. The Kier molecular flexibility index (Phi) is 6.21. The van der Waals surface area contributed by atoms with Gasteiger partial charge < -0.3 is 14.8 Å². The smallest absolute Gasteiger partial charge is 0.242 e. The van der Waals surface area contributed by atoms with Crippen LogP contribution in [0, 0.1) is 17.2 Å². The first-order valence-electron chi connectivity index (χ1n) is 7.73. The Hall–Kier alpha value is -3.00. The molecule has 1 N–H and O–H groups in total. The Morgan fingerprint density at radius 1 is 1.21 bits per heavy atom. The van der Waals surface area contributed by atoms with E-state index in [9.17, 15) is 10.1 Å². The van der Waals surface area contributed by atoms with Crippen molar-refractivity contribution in [3.8, 4) is 17.6 Å². The lowest BCUT2D eigenvalue weighted by atomic mass is 9.99. The quantitative estimate of drug-likeness (QED) is 0.847. The van der Waals surface area contributed by atoms with E-state index in [0.717, 1.165) is 11.3 Å². The second-order valence-electron chi connectivity index (χ2n) is 5.15. The summed E-state index contributed by atoms with van der Waals surface area (Å²) in [6.07, 6.45) is 0.336. The second-order valence-corrected chi connectivity index (χ2v) is 5.15. The highest BCUT2D eigenvalue weighted by molar-refractivity contribution is 5.95. The number of carbonyl (C=O) groups is 1. The van der Waals surface area contributed by atoms with Crippen LogP contribution in [0.1, 0.15) is 12.5 Å². The summed E-state index contributed by atoms with van der Waals surface area (Å²) in [4.78, 5) is 12.4. The zero-order valence-corrected chi connectivity index (χ0v) is 13.8. The number of nitrogens with one attached hydrogen (secondary N) is 1. The molecule has 0 fully saturated rings. The van der Waals surface area contributed by atoms with Crippen molar-refractivity contribution in [2.75, 3.05) is 19.0 Å². The standard InChI is InChI=1S/C19H20N2O3/c1-3-24-18-7-5-4-6-17(18)21-19(22)15(13-20)12-14-8-10-16(23-2)11-9-14/h4-11,15H,3,12H2,1-2H3,(H,21,22)/t15-/m0/s1. The summed E-state index contributed by atoms with van der Waals surface area (Å²) >= 11 is 0. The zero-order chi connectivity index (χ0) is 17.4. The predicted octanol–water partition coefficient (Wildman–Crippen LogP) is 3.41. The third-order valence-electron chi connectivity index (χ3n) is 3.52. The molecule has 0 spiro atoms. The Morgan fingerprint density at radius 3 is 2.54 bits per heavy atom. The summed E-state index contributed by atoms with van der Waals surface area (Å²) in [5.74, 6) is 0.199. The van der Waals surface area contributed by atoms with Crippen molar-refractivity contribution in [3.05, 3.63) is 54.1 Å². The Labute approximate surface area is 141 Å². The van der Waals surface area contributed by atoms with Crippen LogP contribution in [0.2, 0.25) is 0 Å². The van der Waals surface area contributed by atoms with Gasteiger partial charge in [-0.3, -0.25) is 4.79 Å². The van der Waals surface area contributed by atoms with Crippen LogP contribution in [0.4, 0.5) is 5.69 Å². The molecular weight excluding hydrogens is 304 g/mol. The number of rotatable bonds is 7. The van der Waals surface area contributed by atoms with E-state index >= 15 is 0 Å². The lowest BCUT2D eigenvalue weighted by Crippen LogP contribution is -2.23. The van der Waals surface area contributed by atoms with Crippen molar-refractivity contribution >= 4 is 11.6 Å². The molecule has 0 saturated carbocycles. The third-order valence-corrected chi connectivity index (χ3v) is 3.52. The number of ether oxygens (including phenoxy) is 2. The summed E-state index contributed by atoms with van der Waals surface area (Å²) in [7, 11) is 1.59. The minimum Gasteiger partial charge on any atom is -0.497 e. The van der Waals surface area contributed by atoms with E-state index in [1.807, 2.05) is 43.3 Å². The molecule has 2 aromatic carbocycles. The average Bonchev–Trinajstić information content (AvgIpc) is 2.62. The zero-order valence-electron chi connectivity index (χ0n) is 13.8. The molecule has 0 heterocycles. The Bertz CT molecular complexity index is 720. The van der Waals surface area contributed by atoms with Crippen molar-refractivity contribution in [1.82, 2.24) is 0 Å². The number of nitriles is 1. The van der Waals surface area contributed by atoms with Gasteiger partial charge in [0, 0.05) is 0 Å². The molecule has 5 nitrogen and oxygen atoms in total. The number of para-hydroxylation sites is 2. The van der Waals surface area contributed by atoms with Crippen LogP contribution in [0.15, 0.2) is 48.5 Å². The van der Waals surface area contributed by atoms with Crippen molar-refractivity contribution in [2.24, 2.45) is 5.92 Å². The van der Waals surface area contributed by atoms with Gasteiger partial charge in [-0.2, -0.15) is 5.26 Å². The molecule has 1 atom stereocenters. The van der Waals surface area contributed by atoms with Gasteiger partial charge in [0.1, 0.15) is 17.4 Å². The van der Waals surface area contributed by atoms with Crippen LogP contribution < -0.4 is 14.8 Å². The Morgan fingerprint density at radius 2 is 1.92 bits per heavy atom. The number of hydrogen-bond acceptors (Lipinski definition) is 4. The molecule has 0 aliphatic rings. The molecule has 0 bridgehead atoms. The normalized spacial score (nSPS) is 11.2. The van der Waals surface area contributed by atoms with Crippen LogP contribution in [-0.2, 0) is 11.2 Å². The molecule has 1 amide bonds. The summed E-state index contributed by atoms with van der Waals surface area (Å²) in [6, 6.07) is 16.6. The van der Waals surface area contributed by atoms with E-state index < -0.39 is 5.92 Å². The van der Waals surface area contributed by atoms with Gasteiger partial charge in [0.05, 0.1) is 25.5 Å². The van der Waals surface area contributed by atoms with Crippen molar-refractivity contribution in [2.45, 2.75) is 13.3 Å². The molecule has 2 aromatic rings. The molecule has 0 aliphatic carbocycles. The highest BCUT2D eigenvalue weighted by Crippen LogP contribution is 2.24. The minimum absolute atomic E-state index is 0.336. The molecular formula is C19H20N2O3. The van der Waals surface area contributed by atoms with Crippen LogP contribution in [0.3, 0.4) is 0 Å². The Balaban J connectivity index is 2.07. The van der Waals surface area contributed by atoms with Gasteiger partial charge in [-0.15, -0.1) is 0 Å². The van der Waals surface area contributed by atoms with Gasteiger partial charge in [-0.1, -0.05) is 24.3 Å². The molecule has 124 valence electrons. The fraction of sp³-hybridized carbons (Fsp3) is 0.263. The van der Waals surface area contributed by atoms with Crippen LogP contribution >= 0.6 is 0 Å². The van der Waals surface area contributed by atoms with E-state index in [-0.39, 0.29) is 5.91 Å². The summed E-state index contributed by atoms with van der Waals surface area (Å²) in [6.45, 7) is 2.38. The van der Waals surface area contributed by atoms with Gasteiger partial charge in [0.2, 0.25) is 5.91 Å². The van der Waals surface area contributed by atoms with Gasteiger partial charge in [-0.05, 0) is 43.2 Å². The fourth-order valence-corrected chi connectivity index (χ4v) is 2.27. The molecule has 2 rings (SSSR count). The molecule has 5 heteroatoms. The number of carbonyl (C=O) groups excluding carboxylic acids is 1. The van der Waals surface area contributed by atoms with Crippen molar-refractivity contribution in [3.63, 3.8) is 0 Å². The number of hydrogen-bond donors (Lipinski definition) is 1. The predicted molar refractivity (Wildman–Crippen MR) is 92.0 cm³/mol. The van der Waals surface area contributed by atoms with E-state index in [1.165, 1.54) is 0 Å². The maximum Gasteiger partial charge on any atom is 0.242 e. The number of anilines is 1. The average molecular weight is 324 g/mol. The van der Waals surface area contributed by atoms with Gasteiger partial charge in [0.15, 0.2) is 0 Å². The molecule has 24 heavy (non-hydrogen) atoms. The van der Waals surface area contributed by atoms with Crippen LogP contribution in [0.5, 0.6) is 11.5 Å². The number of nitrogens with zero attached hydrogens (tertiary/aromatic N) is 1. The molecule has 0 saturated heterocycles. The van der Waals surface area contributed by atoms with Gasteiger partial charge >= 0.3 is 0 Å². The topological polar surface area (TPSA) is 71.3 Å². The van der Waals surface area contributed by atoms with E-state index in [1.54, 1.807) is 19.2 Å². The molecule has 0 unspecified atom stereocenters. The monoisotopic (exact) mass is 324 g/mol. The number of amides is 1. The van der Waals surface area contributed by atoms with Gasteiger partial charge in [0.25, 0.3) is 0 Å². The number of benzene rings is 2. The first-order valence-corrected chi connectivity index (χ1v) is 7.73. The van der Waals surface area contributed by atoms with Crippen LogP contribution in [-0.4, -0.2) is 19.6 Å². The number of methoxy groups -OCH3 is 1. The first-order chi connectivity index (χ1) is 11.7. The van der Waals surface area contributed by atoms with Gasteiger partial charge in [-0.25, -0.2) is 0 Å². The molecule has 0 aromatic heterocycles. The lowest BCUT2D eigenvalue weighted by Gasteiger charge is -2.14. The summed E-state index contributed by atoms with van der Waals surface area (Å²) in [5.41, 5.74) is 1.47. The molecule has 0 radical (unpaired) electrons. The minimum atomic E-state index is -0.784. The second kappa shape index (κ2) is 8.59. The maximum absolute atomic E-state index is 12.4. The highest BCUT2D eigenvalue weighted by atomic mass is 16.5. The van der Waals surface area contributed by atoms with Crippen molar-refractivity contribution in [1.29, 1.82) is 5.26 Å². The summed E-state index contributed by atoms with van der Waals surface area (Å²) in [5, 5.41) is 12.1. The molecule has 0 aliphatic heterocycles. The summed E-state index contributed by atoms with van der Waals surface area (Å²) < 4.78 is 10.6. The lowest BCUT2D eigenvalue weighted by molar-refractivity contribution is -0.118. The van der Waals surface area contributed by atoms with E-state index in [0.29, 0.717) is 24.5 Å². The SMILES string of the molecule is CCOc1ccccc1NC(=O)[C@H](C#N)Cc1ccc(OC)cc1. The van der Waals surface area contributed by atoms with Crippen molar-refractivity contribution < 1.29 is 14.3 Å². The fourth-order valence-electron chi connectivity index (χ4n) is 2.27. The first kappa shape index (κ1) is 17.4. The van der Waals surface area contributed by atoms with E-state index in [4.69, 9.17) is 9.47 Å². The van der Waals surface area contributed by atoms with E-state index in [2.05, 4.69) is 11.4 Å². The highest BCUT2D eigenvalue weighted by Gasteiger charge is 2.20. The third kappa shape index (κ3) is 4.50. The maximum atomic E-state index is 12.4.